The molecule has 60 heavy (non-hydrogen) atoms. The van der Waals surface area contributed by atoms with Gasteiger partial charge in [0.15, 0.2) is 0 Å². The molecule has 1 aromatic carbocycles. The van der Waals surface area contributed by atoms with Crippen LogP contribution in [0.15, 0.2) is 35.8 Å². The molecule has 0 radical (unpaired) electrons. The Morgan fingerprint density at radius 2 is 1.85 bits per heavy atom. The molecule has 326 valence electrons. The Balaban J connectivity index is 0.00000480. The third kappa shape index (κ3) is 11.7. The van der Waals surface area contributed by atoms with Crippen molar-refractivity contribution in [2.75, 3.05) is 38.3 Å². The van der Waals surface area contributed by atoms with E-state index in [-0.39, 0.29) is 46.0 Å². The molecule has 0 unspecified atom stereocenters. The van der Waals surface area contributed by atoms with Gasteiger partial charge >= 0.3 is 12.1 Å². The van der Waals surface area contributed by atoms with Gasteiger partial charge in [-0.25, -0.2) is 15.2 Å². The number of nitrogens with one attached hydrogen (secondary N) is 2. The van der Waals surface area contributed by atoms with Gasteiger partial charge in [0.05, 0.1) is 40.1 Å². The molecule has 5 rings (SSSR count). The number of hydrogen-bond acceptors (Lipinski definition) is 11. The molecule has 4 heterocycles. The predicted molar refractivity (Wildman–Crippen MR) is 234 cm³/mol. The van der Waals surface area contributed by atoms with Crippen molar-refractivity contribution >= 4 is 45.9 Å². The number of aliphatic hydroxyl groups excluding tert-OH is 1. The summed E-state index contributed by atoms with van der Waals surface area (Å²) < 4.78 is 13.6. The van der Waals surface area contributed by atoms with Gasteiger partial charge in [0.2, 0.25) is 0 Å². The number of anilines is 1. The average Bonchev–Trinajstić information content (AvgIpc) is 3.78. The predicted octanol–water partition coefficient (Wildman–Crippen LogP) is 7.05. The summed E-state index contributed by atoms with van der Waals surface area (Å²) in [6, 6.07) is 6.42. The number of nitrogens with zero attached hydrogens (tertiary/aromatic N) is 5. The van der Waals surface area contributed by atoms with Crippen molar-refractivity contribution < 1.29 is 53.5 Å². The number of fused-ring (bicyclic) bond motifs is 1. The molecule has 0 bridgehead atoms. The van der Waals surface area contributed by atoms with Crippen molar-refractivity contribution in [2.45, 2.75) is 104 Å². The van der Waals surface area contributed by atoms with Crippen LogP contribution in [0.4, 0.5) is 10.5 Å². The standard InChI is InChI=1S/C43H59N7O7S.CH3.Zn/c1-11-48(12-2)28-20-30(37(44-23-28)26(4)56-10)38-31(22-43(8,9)25-51)29-19-27(16-17-35(29)49(38)13-3)34-24-58-36(45-34)21-33(46-41(55)57-42(5,6)7)39(52)50-18-14-15-32(47-50)40(53)54;;/h16-17,19-20,23-24,26,32-33,47,51H,1-2,11-15,18,21-22,25H2,3-10H3,(H,46,55)(H,53,54);1H3;/q-2;-1;/t26-,32-,33-;;/m0../s1. The zero-order valence-corrected chi connectivity index (χ0v) is 40.5. The van der Waals surface area contributed by atoms with Gasteiger partial charge in [0, 0.05) is 80.1 Å². The summed E-state index contributed by atoms with van der Waals surface area (Å²) >= 11 is 1.37. The molecule has 16 heteroatoms. The summed E-state index contributed by atoms with van der Waals surface area (Å²) in [7, 11) is 1.67. The Labute approximate surface area is 372 Å². The van der Waals surface area contributed by atoms with Crippen LogP contribution in [-0.2, 0) is 57.9 Å². The van der Waals surface area contributed by atoms with Crippen LogP contribution in [0.25, 0.3) is 33.4 Å². The first-order chi connectivity index (χ1) is 27.4. The molecule has 3 atom stereocenters. The molecular weight excluding hydrogens is 836 g/mol. The van der Waals surface area contributed by atoms with E-state index in [2.05, 4.69) is 59.2 Å². The molecule has 1 saturated heterocycles. The van der Waals surface area contributed by atoms with E-state index < -0.39 is 41.1 Å². The number of pyridine rings is 1. The first-order valence-electron chi connectivity index (χ1n) is 19.8. The van der Waals surface area contributed by atoms with Gasteiger partial charge in [-0.05, 0) is 83.1 Å². The number of benzene rings is 1. The van der Waals surface area contributed by atoms with Crippen molar-refractivity contribution in [3.63, 3.8) is 0 Å². The summed E-state index contributed by atoms with van der Waals surface area (Å²) in [5.74, 6) is -1.53. The van der Waals surface area contributed by atoms with E-state index in [1.807, 2.05) is 38.4 Å². The summed E-state index contributed by atoms with van der Waals surface area (Å²) in [6.07, 6.45) is 2.30. The average molecular weight is 898 g/mol. The van der Waals surface area contributed by atoms with E-state index in [9.17, 15) is 24.6 Å². The van der Waals surface area contributed by atoms with Crippen LogP contribution < -0.4 is 15.6 Å². The number of carboxylic acid groups (broad SMARTS) is 1. The van der Waals surface area contributed by atoms with Gasteiger partial charge in [-0.1, -0.05) is 19.9 Å². The molecule has 3 aromatic heterocycles. The first-order valence-corrected chi connectivity index (χ1v) is 20.7. The maximum Gasteiger partial charge on any atom is 0.408 e. The van der Waals surface area contributed by atoms with Crippen LogP contribution in [0.1, 0.15) is 83.7 Å². The summed E-state index contributed by atoms with van der Waals surface area (Å²) in [5.41, 5.74) is 8.83. The molecule has 4 aromatic rings. The van der Waals surface area contributed by atoms with Gasteiger partial charge in [-0.15, -0.1) is 24.4 Å². The van der Waals surface area contributed by atoms with Crippen molar-refractivity contribution in [3.8, 4) is 22.5 Å². The number of ether oxygens (including phenoxy) is 2. The zero-order chi connectivity index (χ0) is 42.5. The maximum atomic E-state index is 13.9. The zero-order valence-electron chi connectivity index (χ0n) is 36.8. The van der Waals surface area contributed by atoms with Crippen LogP contribution >= 0.6 is 11.3 Å². The monoisotopic (exact) mass is 896 g/mol. The quantitative estimate of drug-likeness (QED) is 0.0671. The summed E-state index contributed by atoms with van der Waals surface area (Å²) in [6.45, 7) is 23.6. The Hall–Kier alpha value is -3.95. The largest absolute Gasteiger partial charge is 0.480 e. The number of aromatic nitrogens is 3. The molecule has 14 nitrogen and oxygen atoms in total. The van der Waals surface area contributed by atoms with E-state index in [0.717, 1.165) is 44.7 Å². The van der Waals surface area contributed by atoms with Gasteiger partial charge in [0.1, 0.15) is 17.7 Å². The second-order valence-electron chi connectivity index (χ2n) is 16.5. The minimum absolute atomic E-state index is 0. The van der Waals surface area contributed by atoms with Crippen LogP contribution in [0.5, 0.6) is 0 Å². The SMILES string of the molecule is [CH2-]CN(C[CH2-])c1cnc([C@H](C)OC)c(-c2c(CC(C)(C)CO)c3cc(-c4csc(C[C@H](NC(=O)OC(C)(C)C)C(=O)N5CCC[C@@H](C(=O)O)N5)n4)ccc3n2CC)c1.[CH3-].[Zn]. The van der Waals surface area contributed by atoms with E-state index in [4.69, 9.17) is 19.4 Å². The maximum absolute atomic E-state index is 13.9. The molecule has 1 aliphatic rings. The Bertz CT molecular complexity index is 2090. The van der Waals surface area contributed by atoms with Crippen molar-refractivity contribution in [3.05, 3.63) is 73.4 Å². The van der Waals surface area contributed by atoms with Crippen LogP contribution in [0.3, 0.4) is 0 Å². The van der Waals surface area contributed by atoms with Crippen molar-refractivity contribution in [1.82, 2.24) is 30.3 Å². The summed E-state index contributed by atoms with van der Waals surface area (Å²) in [5, 5.41) is 27.7. The number of carbonyl (C=O) groups is 3. The molecule has 4 N–H and O–H groups in total. The van der Waals surface area contributed by atoms with Crippen LogP contribution in [0, 0.1) is 26.7 Å². The van der Waals surface area contributed by atoms with E-state index in [1.54, 1.807) is 27.9 Å². The minimum Gasteiger partial charge on any atom is -0.480 e. The van der Waals surface area contributed by atoms with Crippen molar-refractivity contribution in [1.29, 1.82) is 0 Å². The molecule has 1 aliphatic heterocycles. The fourth-order valence-corrected chi connectivity index (χ4v) is 8.09. The molecule has 0 spiro atoms. The van der Waals surface area contributed by atoms with Gasteiger partial charge < -0.3 is 55.7 Å². The number of carboxylic acids is 1. The number of rotatable bonds is 16. The smallest absolute Gasteiger partial charge is 0.408 e. The number of hydrogen-bond donors (Lipinski definition) is 4. The normalized spacial score (nSPS) is 15.4. The number of alkyl carbamates (subject to hydrolysis) is 1. The van der Waals surface area contributed by atoms with Crippen LogP contribution in [-0.4, -0.2) is 98.8 Å². The molecule has 2 amide bonds. The van der Waals surface area contributed by atoms with E-state index in [1.165, 1.54) is 16.3 Å². The number of carbonyl (C=O) groups excluding carboxylic acids is 2. The third-order valence-electron chi connectivity index (χ3n) is 10.3. The number of hydrazine groups is 1. The second kappa shape index (κ2) is 21.2. The number of methoxy groups -OCH3 is 1. The molecule has 0 aliphatic carbocycles. The molecule has 0 saturated carbocycles. The first kappa shape index (κ1) is 50.4. The summed E-state index contributed by atoms with van der Waals surface area (Å²) in [4.78, 5) is 50.5. The molecule has 1 fully saturated rings. The number of aliphatic hydroxyl groups is 1. The van der Waals surface area contributed by atoms with E-state index >= 15 is 0 Å². The number of thiazole rings is 1. The second-order valence-corrected chi connectivity index (χ2v) is 17.4. The minimum atomic E-state index is -1.07. The van der Waals surface area contributed by atoms with E-state index in [0.29, 0.717) is 56.1 Å². The third-order valence-corrected chi connectivity index (χ3v) is 11.2. The Kier molecular flexibility index (Phi) is 17.8. The Morgan fingerprint density at radius 3 is 2.45 bits per heavy atom. The molecular formula is C44H62N7O7SZn-3. The number of aryl methyl sites for hydroxylation is 1. The van der Waals surface area contributed by atoms with Gasteiger partial charge in [-0.2, -0.15) is 0 Å². The Morgan fingerprint density at radius 1 is 1.15 bits per heavy atom. The number of aliphatic carboxylic acids is 1. The van der Waals surface area contributed by atoms with Gasteiger partial charge in [0.25, 0.3) is 5.91 Å². The topological polar surface area (TPSA) is 171 Å². The van der Waals surface area contributed by atoms with Gasteiger partial charge in [-0.3, -0.25) is 19.6 Å². The fraction of sp³-hybridized carbons (Fsp3) is 0.500. The fourth-order valence-electron chi connectivity index (χ4n) is 7.24. The van der Waals surface area contributed by atoms with Crippen molar-refractivity contribution in [2.24, 2.45) is 5.41 Å². The number of amides is 2. The van der Waals surface area contributed by atoms with Crippen LogP contribution in [0.2, 0.25) is 0 Å².